The molecule has 0 saturated heterocycles. The van der Waals surface area contributed by atoms with Crippen LogP contribution in [0.5, 0.6) is 0 Å². The van der Waals surface area contributed by atoms with Crippen LogP contribution in [-0.4, -0.2) is 83.6 Å². The van der Waals surface area contributed by atoms with E-state index in [1.807, 2.05) is 0 Å². The fraction of sp³-hybridized carbons (Fsp3) is 0.600. The maximum Gasteiger partial charge on any atom is 0.326 e. The zero-order valence-electron chi connectivity index (χ0n) is 16.2. The lowest BCUT2D eigenvalue weighted by Crippen LogP contribution is -2.54. The average Bonchev–Trinajstić information content (AvgIpc) is 2.66. The molecule has 0 aliphatic carbocycles. The van der Waals surface area contributed by atoms with E-state index < -0.39 is 67.3 Å². The number of aliphatic imine (C=N–C) groups is 1. The molecule has 0 unspecified atom stereocenters. The molecule has 0 aromatic carbocycles. The number of rotatable bonds is 14. The molecule has 0 fully saturated rings. The van der Waals surface area contributed by atoms with Gasteiger partial charge in [-0.3, -0.25) is 24.2 Å². The van der Waals surface area contributed by atoms with Gasteiger partial charge in [0.25, 0.3) is 0 Å². The number of primary amides is 1. The topological polar surface area (TPSA) is 278 Å². The fourth-order valence-corrected chi connectivity index (χ4v) is 2.07. The fourth-order valence-electron chi connectivity index (χ4n) is 2.07. The van der Waals surface area contributed by atoms with Gasteiger partial charge in [0.2, 0.25) is 23.6 Å². The number of carboxylic acid groups (broad SMARTS) is 1. The van der Waals surface area contributed by atoms with Crippen molar-refractivity contribution >= 4 is 35.6 Å². The van der Waals surface area contributed by atoms with Crippen LogP contribution < -0.4 is 38.9 Å². The molecule has 0 spiro atoms. The number of aliphatic hydroxyl groups is 1. The molecule has 3 atom stereocenters. The number of carboxylic acids is 1. The highest BCUT2D eigenvalue weighted by atomic mass is 16.4. The van der Waals surface area contributed by atoms with Crippen LogP contribution >= 0.6 is 0 Å². The lowest BCUT2D eigenvalue weighted by Gasteiger charge is -2.21. The van der Waals surface area contributed by atoms with Gasteiger partial charge in [0.05, 0.1) is 19.6 Å². The molecule has 15 heteroatoms. The minimum atomic E-state index is -1.59. The summed E-state index contributed by atoms with van der Waals surface area (Å²) in [6.07, 6.45) is -0.391. The van der Waals surface area contributed by atoms with Gasteiger partial charge in [-0.2, -0.15) is 0 Å². The molecule has 0 saturated carbocycles. The maximum absolute atomic E-state index is 12.4. The second-order valence-electron chi connectivity index (χ2n) is 6.15. The van der Waals surface area contributed by atoms with Crippen LogP contribution in [0.15, 0.2) is 4.99 Å². The van der Waals surface area contributed by atoms with Crippen LogP contribution in [0.4, 0.5) is 0 Å². The molecule has 0 bridgehead atoms. The molecule has 4 amide bonds. The molecule has 0 aromatic rings. The normalized spacial score (nSPS) is 13.3. The summed E-state index contributed by atoms with van der Waals surface area (Å²) < 4.78 is 0. The Balaban J connectivity index is 5.06. The molecule has 30 heavy (non-hydrogen) atoms. The molecule has 0 rings (SSSR count). The summed E-state index contributed by atoms with van der Waals surface area (Å²) in [5, 5.41) is 24.5. The maximum atomic E-state index is 12.4. The van der Waals surface area contributed by atoms with Crippen LogP contribution in [0.1, 0.15) is 19.3 Å². The molecule has 0 aromatic heterocycles. The van der Waals surface area contributed by atoms with E-state index in [9.17, 15) is 24.0 Å². The monoisotopic (exact) mass is 432 g/mol. The van der Waals surface area contributed by atoms with Crippen molar-refractivity contribution in [1.29, 1.82) is 0 Å². The summed E-state index contributed by atoms with van der Waals surface area (Å²) in [5.41, 5.74) is 20.7. The summed E-state index contributed by atoms with van der Waals surface area (Å²) in [5.74, 6) is -5.06. The molecule has 170 valence electrons. The van der Waals surface area contributed by atoms with Crippen LogP contribution in [0.3, 0.4) is 0 Å². The third kappa shape index (κ3) is 11.4. The number of hydrogen-bond donors (Lipinski definition) is 9. The van der Waals surface area contributed by atoms with E-state index in [2.05, 4.69) is 20.9 Å². The van der Waals surface area contributed by atoms with E-state index in [0.717, 1.165) is 0 Å². The molecular formula is C15H28N8O7. The molecule has 0 aliphatic rings. The van der Waals surface area contributed by atoms with E-state index in [0.29, 0.717) is 0 Å². The number of nitrogens with zero attached hydrogens (tertiary/aromatic N) is 1. The van der Waals surface area contributed by atoms with Crippen molar-refractivity contribution in [2.24, 2.45) is 27.9 Å². The number of amides is 4. The van der Waals surface area contributed by atoms with E-state index in [-0.39, 0.29) is 25.3 Å². The summed E-state index contributed by atoms with van der Waals surface area (Å²) >= 11 is 0. The Bertz CT molecular complexity index is 665. The van der Waals surface area contributed by atoms with Gasteiger partial charge in [0.15, 0.2) is 5.96 Å². The number of carbonyl (C=O) groups excluding carboxylic acids is 4. The number of nitrogens with two attached hydrogens (primary N) is 4. The quantitative estimate of drug-likeness (QED) is 0.0712. The van der Waals surface area contributed by atoms with Crippen molar-refractivity contribution in [2.75, 3.05) is 19.7 Å². The second kappa shape index (κ2) is 13.7. The van der Waals surface area contributed by atoms with Crippen LogP contribution in [-0.2, 0) is 24.0 Å². The lowest BCUT2D eigenvalue weighted by atomic mass is 10.1. The van der Waals surface area contributed by atoms with Crippen molar-refractivity contribution < 1.29 is 34.2 Å². The Kier molecular flexibility index (Phi) is 12.1. The van der Waals surface area contributed by atoms with E-state index in [4.69, 9.17) is 33.1 Å². The van der Waals surface area contributed by atoms with Gasteiger partial charge >= 0.3 is 5.97 Å². The zero-order chi connectivity index (χ0) is 23.3. The molecule has 0 heterocycles. The molecule has 0 radical (unpaired) electrons. The number of guanidine groups is 1. The Morgan fingerprint density at radius 3 is 2.10 bits per heavy atom. The number of hydrogen-bond acceptors (Lipinski definition) is 8. The van der Waals surface area contributed by atoms with Gasteiger partial charge < -0.3 is 49.1 Å². The number of nitrogens with one attached hydrogen (secondary N) is 3. The summed E-state index contributed by atoms with van der Waals surface area (Å²) in [4.78, 5) is 61.9. The van der Waals surface area contributed by atoms with Gasteiger partial charge in [0, 0.05) is 6.54 Å². The van der Waals surface area contributed by atoms with Gasteiger partial charge in [0.1, 0.15) is 18.1 Å². The molecule has 15 nitrogen and oxygen atoms in total. The minimum Gasteiger partial charge on any atom is -0.480 e. The van der Waals surface area contributed by atoms with Gasteiger partial charge in [-0.05, 0) is 12.8 Å². The van der Waals surface area contributed by atoms with Crippen molar-refractivity contribution in [2.45, 2.75) is 37.4 Å². The van der Waals surface area contributed by atoms with Crippen molar-refractivity contribution in [1.82, 2.24) is 16.0 Å². The van der Waals surface area contributed by atoms with E-state index in [1.54, 1.807) is 0 Å². The Hall–Kier alpha value is -3.46. The first-order valence-electron chi connectivity index (χ1n) is 8.78. The van der Waals surface area contributed by atoms with E-state index in [1.165, 1.54) is 0 Å². The first-order chi connectivity index (χ1) is 14.0. The number of aliphatic carboxylic acids is 1. The highest BCUT2D eigenvalue weighted by molar-refractivity contribution is 5.93. The highest BCUT2D eigenvalue weighted by Crippen LogP contribution is 2.01. The summed E-state index contributed by atoms with van der Waals surface area (Å²) in [6, 6.07) is -4.03. The first kappa shape index (κ1) is 26.5. The highest BCUT2D eigenvalue weighted by Gasteiger charge is 2.27. The van der Waals surface area contributed by atoms with Crippen LogP contribution in [0, 0.1) is 0 Å². The molecule has 0 aliphatic heterocycles. The van der Waals surface area contributed by atoms with E-state index >= 15 is 0 Å². The summed E-state index contributed by atoms with van der Waals surface area (Å²) in [6.45, 7) is -1.04. The minimum absolute atomic E-state index is 0.0152. The third-order valence-corrected chi connectivity index (χ3v) is 3.57. The number of aliphatic hydroxyl groups excluding tert-OH is 1. The molecule has 13 N–H and O–H groups in total. The SMILES string of the molecule is NC(=O)C[C@H](NC(=O)[C@H](CCCN=C(N)N)NC(=O)CNC(=O)[C@@H](N)CO)C(=O)O. The Morgan fingerprint density at radius 1 is 0.967 bits per heavy atom. The Labute approximate surface area is 171 Å². The zero-order valence-corrected chi connectivity index (χ0v) is 16.2. The largest absolute Gasteiger partial charge is 0.480 e. The second-order valence-corrected chi connectivity index (χ2v) is 6.15. The standard InChI is InChI=1S/C15H28N8O7/c16-7(6-24)12(27)21-5-11(26)22-8(2-1-3-20-15(18)19)13(28)23-9(14(29)30)4-10(17)25/h7-9,24H,1-6,16H2,(H2,17,25)(H,21,27)(H,22,26)(H,23,28)(H,29,30)(H4,18,19,20)/t7-,8-,9-/m0/s1. The first-order valence-corrected chi connectivity index (χ1v) is 8.78. The van der Waals surface area contributed by atoms with Crippen LogP contribution in [0.2, 0.25) is 0 Å². The Morgan fingerprint density at radius 2 is 1.60 bits per heavy atom. The smallest absolute Gasteiger partial charge is 0.326 e. The van der Waals surface area contributed by atoms with Crippen molar-refractivity contribution in [3.8, 4) is 0 Å². The van der Waals surface area contributed by atoms with Gasteiger partial charge in [-0.1, -0.05) is 0 Å². The predicted octanol–water partition coefficient (Wildman–Crippen LogP) is -5.59. The van der Waals surface area contributed by atoms with Crippen molar-refractivity contribution in [3.05, 3.63) is 0 Å². The third-order valence-electron chi connectivity index (χ3n) is 3.57. The predicted molar refractivity (Wildman–Crippen MR) is 103 cm³/mol. The van der Waals surface area contributed by atoms with Crippen LogP contribution in [0.25, 0.3) is 0 Å². The lowest BCUT2D eigenvalue weighted by molar-refractivity contribution is -0.143. The van der Waals surface area contributed by atoms with Gasteiger partial charge in [-0.25, -0.2) is 4.79 Å². The summed E-state index contributed by atoms with van der Waals surface area (Å²) in [7, 11) is 0. The molecular weight excluding hydrogens is 404 g/mol. The average molecular weight is 432 g/mol. The van der Waals surface area contributed by atoms with Crippen molar-refractivity contribution in [3.63, 3.8) is 0 Å². The van der Waals surface area contributed by atoms with Gasteiger partial charge in [-0.15, -0.1) is 0 Å². The number of carbonyl (C=O) groups is 5.